The molecule has 1 aromatic rings. The number of pyridine rings is 1. The maximum absolute atomic E-state index is 12.0. The van der Waals surface area contributed by atoms with E-state index in [-0.39, 0.29) is 12.2 Å². The van der Waals surface area contributed by atoms with Crippen LogP contribution in [0.5, 0.6) is 0 Å². The van der Waals surface area contributed by atoms with Gasteiger partial charge < -0.3 is 9.64 Å². The molecule has 0 aliphatic rings. The molecule has 20 heavy (non-hydrogen) atoms. The van der Waals surface area contributed by atoms with Crippen molar-refractivity contribution in [3.63, 3.8) is 0 Å². The van der Waals surface area contributed by atoms with Gasteiger partial charge in [0.15, 0.2) is 5.03 Å². The van der Waals surface area contributed by atoms with Crippen molar-refractivity contribution in [2.24, 2.45) is 0 Å². The third-order valence-electron chi connectivity index (χ3n) is 2.16. The lowest BCUT2D eigenvalue weighted by Gasteiger charge is -2.13. The third-order valence-corrected chi connectivity index (χ3v) is 3.43. The molecule has 0 aliphatic heterocycles. The zero-order valence-corrected chi connectivity index (χ0v) is 12.1. The van der Waals surface area contributed by atoms with E-state index in [1.165, 1.54) is 44.2 Å². The molecule has 110 valence electrons. The summed E-state index contributed by atoms with van der Waals surface area (Å²) in [7, 11) is -1.32. The predicted octanol–water partition coefficient (Wildman–Crippen LogP) is 0.218. The minimum atomic E-state index is -4.27. The fourth-order valence-electron chi connectivity index (χ4n) is 1.33. The molecular formula is C11H15N3O5S. The molecule has 0 atom stereocenters. The van der Waals surface area contributed by atoms with Gasteiger partial charge in [0.05, 0.1) is 12.2 Å². The van der Waals surface area contributed by atoms with E-state index in [1.54, 1.807) is 4.72 Å². The van der Waals surface area contributed by atoms with Gasteiger partial charge in [0, 0.05) is 20.3 Å². The summed E-state index contributed by atoms with van der Waals surface area (Å²) >= 11 is 0. The Morgan fingerprint density at radius 2 is 2.05 bits per heavy atom. The van der Waals surface area contributed by atoms with Crippen LogP contribution in [-0.4, -0.2) is 51.0 Å². The number of amides is 2. The van der Waals surface area contributed by atoms with Gasteiger partial charge in [-0.15, -0.1) is 0 Å². The number of hydrogen-bond acceptors (Lipinski definition) is 6. The van der Waals surface area contributed by atoms with Gasteiger partial charge in [-0.25, -0.2) is 14.5 Å². The summed E-state index contributed by atoms with van der Waals surface area (Å²) in [5, 5.41) is -0.522. The van der Waals surface area contributed by atoms with Crippen LogP contribution in [0.4, 0.5) is 4.79 Å². The largest absolute Gasteiger partial charge is 0.449 e. The first-order chi connectivity index (χ1) is 9.29. The van der Waals surface area contributed by atoms with E-state index in [0.717, 1.165) is 0 Å². The maximum atomic E-state index is 12.0. The summed E-state index contributed by atoms with van der Waals surface area (Å²) < 4.78 is 30.2. The Balaban J connectivity index is 3.19. The number of aromatic nitrogens is 1. The minimum absolute atomic E-state index is 0.0209. The third kappa shape index (κ3) is 3.67. The van der Waals surface area contributed by atoms with Crippen molar-refractivity contribution in [3.05, 3.63) is 23.9 Å². The van der Waals surface area contributed by atoms with Crippen LogP contribution in [-0.2, 0) is 14.8 Å². The number of nitrogens with one attached hydrogen (secondary N) is 1. The van der Waals surface area contributed by atoms with Crippen LogP contribution in [0, 0.1) is 0 Å². The van der Waals surface area contributed by atoms with Crippen LogP contribution in [0.3, 0.4) is 0 Å². The van der Waals surface area contributed by atoms with Gasteiger partial charge in [0.25, 0.3) is 15.9 Å². The Labute approximate surface area is 116 Å². The van der Waals surface area contributed by atoms with Crippen molar-refractivity contribution in [1.29, 1.82) is 0 Å². The van der Waals surface area contributed by atoms with Gasteiger partial charge in [-0.05, 0) is 19.1 Å². The van der Waals surface area contributed by atoms with E-state index in [4.69, 9.17) is 0 Å². The highest BCUT2D eigenvalue weighted by Gasteiger charge is 2.26. The molecule has 9 heteroatoms. The molecule has 0 aromatic carbocycles. The average molecular weight is 301 g/mol. The summed E-state index contributed by atoms with van der Waals surface area (Å²) in [6, 6.07) is 2.75. The monoisotopic (exact) mass is 301 g/mol. The lowest BCUT2D eigenvalue weighted by atomic mass is 10.2. The standard InChI is InChI=1S/C11H15N3O5S/c1-4-19-11(16)13-20(17,18)9-8(6-5-7-12-9)10(15)14(2)3/h5-7H,4H2,1-3H3,(H,13,16). The Morgan fingerprint density at radius 1 is 1.40 bits per heavy atom. The van der Waals surface area contributed by atoms with Crippen LogP contribution >= 0.6 is 0 Å². The van der Waals surface area contributed by atoms with Gasteiger partial charge in [-0.3, -0.25) is 4.79 Å². The Morgan fingerprint density at radius 3 is 2.60 bits per heavy atom. The first-order valence-electron chi connectivity index (χ1n) is 5.65. The van der Waals surface area contributed by atoms with Gasteiger partial charge in [0.1, 0.15) is 0 Å². The molecule has 1 N–H and O–H groups in total. The number of hydrogen-bond donors (Lipinski definition) is 1. The molecule has 0 fully saturated rings. The highest BCUT2D eigenvalue weighted by Crippen LogP contribution is 2.13. The molecule has 0 unspecified atom stereocenters. The van der Waals surface area contributed by atoms with Crippen molar-refractivity contribution in [3.8, 4) is 0 Å². The maximum Gasteiger partial charge on any atom is 0.421 e. The molecule has 1 aromatic heterocycles. The van der Waals surface area contributed by atoms with Crippen molar-refractivity contribution in [2.45, 2.75) is 11.9 Å². The molecule has 1 rings (SSSR count). The second-order valence-electron chi connectivity index (χ2n) is 3.88. The molecule has 0 saturated heterocycles. The van der Waals surface area contributed by atoms with E-state index in [0.29, 0.717) is 0 Å². The zero-order chi connectivity index (χ0) is 15.3. The molecular weight excluding hydrogens is 286 g/mol. The van der Waals surface area contributed by atoms with Gasteiger partial charge in [-0.1, -0.05) is 0 Å². The second-order valence-corrected chi connectivity index (χ2v) is 5.48. The summed E-state index contributed by atoms with van der Waals surface area (Å²) in [4.78, 5) is 28.0. The van der Waals surface area contributed by atoms with Crippen molar-refractivity contribution in [1.82, 2.24) is 14.6 Å². The summed E-state index contributed by atoms with van der Waals surface area (Å²) in [5.41, 5.74) is -0.130. The highest BCUT2D eigenvalue weighted by atomic mass is 32.2. The Kier molecular flexibility index (Phi) is 5.03. The summed E-state index contributed by atoms with van der Waals surface area (Å²) in [5.74, 6) is -0.540. The Bertz CT molecular complexity index is 612. The lowest BCUT2D eigenvalue weighted by Crippen LogP contribution is -2.34. The number of ether oxygens (including phenoxy) is 1. The van der Waals surface area contributed by atoms with E-state index in [9.17, 15) is 18.0 Å². The number of nitrogens with zero attached hydrogens (tertiary/aromatic N) is 2. The van der Waals surface area contributed by atoms with Crippen LogP contribution in [0.1, 0.15) is 17.3 Å². The topological polar surface area (TPSA) is 106 Å². The van der Waals surface area contributed by atoms with Crippen LogP contribution < -0.4 is 4.72 Å². The molecule has 0 spiro atoms. The van der Waals surface area contributed by atoms with Gasteiger partial charge >= 0.3 is 6.09 Å². The first kappa shape index (κ1) is 15.9. The molecule has 0 bridgehead atoms. The minimum Gasteiger partial charge on any atom is -0.449 e. The highest BCUT2D eigenvalue weighted by molar-refractivity contribution is 7.90. The molecule has 0 saturated carbocycles. The molecule has 1 heterocycles. The van der Waals surface area contributed by atoms with Crippen molar-refractivity contribution >= 4 is 22.0 Å². The second kappa shape index (κ2) is 6.33. The first-order valence-corrected chi connectivity index (χ1v) is 7.14. The Hall–Kier alpha value is -2.16. The zero-order valence-electron chi connectivity index (χ0n) is 11.3. The molecule has 0 radical (unpaired) electrons. The smallest absolute Gasteiger partial charge is 0.421 e. The fraction of sp³-hybridized carbons (Fsp3) is 0.364. The van der Waals surface area contributed by atoms with Gasteiger partial charge in [0.2, 0.25) is 0 Å². The number of sulfonamides is 1. The number of carbonyl (C=O) groups is 2. The molecule has 0 aliphatic carbocycles. The average Bonchev–Trinajstić information content (AvgIpc) is 2.37. The lowest BCUT2D eigenvalue weighted by molar-refractivity contribution is 0.0822. The van der Waals surface area contributed by atoms with Crippen molar-refractivity contribution in [2.75, 3.05) is 20.7 Å². The quantitative estimate of drug-likeness (QED) is 0.852. The predicted molar refractivity (Wildman–Crippen MR) is 69.6 cm³/mol. The molecule has 8 nitrogen and oxygen atoms in total. The SMILES string of the molecule is CCOC(=O)NS(=O)(=O)c1ncccc1C(=O)N(C)C. The molecule has 2 amide bonds. The number of carbonyl (C=O) groups excluding carboxylic acids is 2. The number of rotatable bonds is 4. The normalized spacial score (nSPS) is 10.8. The van der Waals surface area contributed by atoms with Crippen LogP contribution in [0.15, 0.2) is 23.4 Å². The fourth-order valence-corrected chi connectivity index (χ4v) is 2.35. The van der Waals surface area contributed by atoms with Crippen molar-refractivity contribution < 1.29 is 22.7 Å². The summed E-state index contributed by atoms with van der Waals surface area (Å²) in [6.45, 7) is 1.56. The van der Waals surface area contributed by atoms with E-state index in [2.05, 4.69) is 9.72 Å². The van der Waals surface area contributed by atoms with Gasteiger partial charge in [-0.2, -0.15) is 8.42 Å². The summed E-state index contributed by atoms with van der Waals surface area (Å²) in [6.07, 6.45) is 0.0907. The van der Waals surface area contributed by atoms with E-state index >= 15 is 0 Å². The van der Waals surface area contributed by atoms with Crippen LogP contribution in [0.25, 0.3) is 0 Å². The van der Waals surface area contributed by atoms with Crippen LogP contribution in [0.2, 0.25) is 0 Å². The van der Waals surface area contributed by atoms with E-state index < -0.39 is 27.0 Å². The van der Waals surface area contributed by atoms with E-state index in [1.807, 2.05) is 0 Å².